The Hall–Kier alpha value is -0.550. The normalized spacial score (nSPS) is 36.4. The van der Waals surface area contributed by atoms with E-state index >= 15 is 0 Å². The quantitative estimate of drug-likeness (QED) is 0.755. The lowest BCUT2D eigenvalue weighted by atomic mass is 9.78. The average molecular weight is 250 g/mol. The number of hydrogen-bond donors (Lipinski definition) is 0. The minimum absolute atomic E-state index is 0.527. The van der Waals surface area contributed by atoms with Crippen LogP contribution >= 0.6 is 0 Å². The van der Waals surface area contributed by atoms with E-state index in [9.17, 15) is 0 Å². The van der Waals surface area contributed by atoms with Gasteiger partial charge >= 0.3 is 0 Å². The monoisotopic (exact) mass is 250 g/mol. The Kier molecular flexibility index (Phi) is 6.15. The van der Waals surface area contributed by atoms with E-state index in [4.69, 9.17) is 5.26 Å². The van der Waals surface area contributed by atoms with Crippen molar-refractivity contribution in [2.45, 2.75) is 71.9 Å². The average Bonchev–Trinajstić information content (AvgIpc) is 2.37. The Morgan fingerprint density at radius 3 is 2.56 bits per heavy atom. The first kappa shape index (κ1) is 15.5. The maximum atomic E-state index is 9.06. The highest BCUT2D eigenvalue weighted by Crippen LogP contribution is 2.33. The van der Waals surface area contributed by atoms with Gasteiger partial charge in [-0.15, -0.1) is 0 Å². The summed E-state index contributed by atoms with van der Waals surface area (Å²) in [6.07, 6.45) is 5.88. The second-order valence-corrected chi connectivity index (χ2v) is 6.29. The van der Waals surface area contributed by atoms with Crippen LogP contribution in [0.4, 0.5) is 0 Å². The molecule has 0 aromatic carbocycles. The van der Waals surface area contributed by atoms with Crippen molar-refractivity contribution in [3.63, 3.8) is 0 Å². The molecule has 0 spiro atoms. The van der Waals surface area contributed by atoms with E-state index in [0.717, 1.165) is 5.92 Å². The van der Waals surface area contributed by atoms with E-state index in [0.29, 0.717) is 30.3 Å². The lowest BCUT2D eigenvalue weighted by Gasteiger charge is -2.43. The van der Waals surface area contributed by atoms with Crippen LogP contribution in [0.2, 0.25) is 0 Å². The molecule has 2 heteroatoms. The Bertz CT molecular complexity index is 281. The summed E-state index contributed by atoms with van der Waals surface area (Å²) in [7, 11) is 2.27. The van der Waals surface area contributed by atoms with E-state index < -0.39 is 0 Å². The Morgan fingerprint density at radius 1 is 1.33 bits per heavy atom. The summed E-state index contributed by atoms with van der Waals surface area (Å²) in [4.78, 5) is 2.56. The molecule has 0 aromatic heterocycles. The van der Waals surface area contributed by atoms with Crippen LogP contribution in [0.25, 0.3) is 0 Å². The Morgan fingerprint density at radius 2 is 2.00 bits per heavy atom. The highest BCUT2D eigenvalue weighted by atomic mass is 15.2. The third kappa shape index (κ3) is 3.48. The molecule has 1 aliphatic heterocycles. The Labute approximate surface area is 113 Å². The van der Waals surface area contributed by atoms with E-state index in [1.54, 1.807) is 0 Å². The molecular formula is C16H30N2. The SMILES string of the molecule is CCC(C)C1CCCC(C)C(CC#N)C(C)N1C. The first-order chi connectivity index (χ1) is 8.52. The van der Waals surface area contributed by atoms with E-state index in [2.05, 4.69) is 45.7 Å². The lowest BCUT2D eigenvalue weighted by Crippen LogP contribution is -2.48. The molecule has 0 aromatic rings. The fraction of sp³-hybridized carbons (Fsp3) is 0.938. The van der Waals surface area contributed by atoms with Gasteiger partial charge in [0, 0.05) is 18.5 Å². The standard InChI is InChI=1S/C16H30N2/c1-6-12(2)16-9-7-8-13(3)15(10-11-17)14(4)18(16)5/h12-16H,6-10H2,1-5H3. The molecule has 2 nitrogen and oxygen atoms in total. The van der Waals surface area contributed by atoms with Crippen LogP contribution in [0.1, 0.15) is 59.8 Å². The predicted octanol–water partition coefficient (Wildman–Crippen LogP) is 4.07. The first-order valence-corrected chi connectivity index (χ1v) is 7.61. The van der Waals surface area contributed by atoms with Gasteiger partial charge in [0.2, 0.25) is 0 Å². The predicted molar refractivity (Wildman–Crippen MR) is 77.2 cm³/mol. The molecule has 5 unspecified atom stereocenters. The summed E-state index contributed by atoms with van der Waals surface area (Å²) in [5, 5.41) is 9.06. The van der Waals surface area contributed by atoms with Gasteiger partial charge in [0.15, 0.2) is 0 Å². The van der Waals surface area contributed by atoms with Crippen LogP contribution < -0.4 is 0 Å². The number of likely N-dealkylation sites (tertiary alicyclic amines) is 1. The molecule has 1 aliphatic rings. The fourth-order valence-corrected chi connectivity index (χ4v) is 3.58. The molecule has 0 aliphatic carbocycles. The van der Waals surface area contributed by atoms with Gasteiger partial charge in [-0.2, -0.15) is 5.26 Å². The summed E-state index contributed by atoms with van der Waals surface area (Å²) in [5.41, 5.74) is 0. The van der Waals surface area contributed by atoms with E-state index in [1.165, 1.54) is 25.7 Å². The van der Waals surface area contributed by atoms with Gasteiger partial charge in [-0.25, -0.2) is 0 Å². The molecule has 0 amide bonds. The van der Waals surface area contributed by atoms with Crippen molar-refractivity contribution in [1.29, 1.82) is 5.26 Å². The van der Waals surface area contributed by atoms with Gasteiger partial charge in [0.1, 0.15) is 0 Å². The third-order valence-corrected chi connectivity index (χ3v) is 5.30. The van der Waals surface area contributed by atoms with Crippen LogP contribution in [-0.2, 0) is 0 Å². The van der Waals surface area contributed by atoms with Crippen molar-refractivity contribution < 1.29 is 0 Å². The second kappa shape index (κ2) is 7.14. The number of hydrogen-bond acceptors (Lipinski definition) is 2. The Balaban J connectivity index is 2.84. The highest BCUT2D eigenvalue weighted by molar-refractivity contribution is 4.90. The lowest BCUT2D eigenvalue weighted by molar-refractivity contribution is 0.0549. The summed E-state index contributed by atoms with van der Waals surface area (Å²) < 4.78 is 0. The molecular weight excluding hydrogens is 220 g/mol. The molecule has 18 heavy (non-hydrogen) atoms. The van der Waals surface area contributed by atoms with Crippen LogP contribution in [0.15, 0.2) is 0 Å². The largest absolute Gasteiger partial charge is 0.300 e. The summed E-state index contributed by atoms with van der Waals surface area (Å²) >= 11 is 0. The first-order valence-electron chi connectivity index (χ1n) is 7.61. The van der Waals surface area contributed by atoms with Crippen molar-refractivity contribution in [2.75, 3.05) is 7.05 Å². The van der Waals surface area contributed by atoms with Gasteiger partial charge in [0.05, 0.1) is 6.07 Å². The fourth-order valence-electron chi connectivity index (χ4n) is 3.58. The van der Waals surface area contributed by atoms with Gasteiger partial charge in [-0.1, -0.05) is 40.0 Å². The number of rotatable bonds is 3. The van der Waals surface area contributed by atoms with Crippen LogP contribution in [-0.4, -0.2) is 24.0 Å². The zero-order chi connectivity index (χ0) is 13.7. The smallest absolute Gasteiger partial charge is 0.0625 e. The molecule has 1 heterocycles. The third-order valence-electron chi connectivity index (χ3n) is 5.30. The minimum atomic E-state index is 0.527. The summed E-state index contributed by atoms with van der Waals surface area (Å²) in [5.74, 6) is 1.97. The topological polar surface area (TPSA) is 27.0 Å². The molecule has 0 bridgehead atoms. The molecule has 1 saturated heterocycles. The second-order valence-electron chi connectivity index (χ2n) is 6.29. The van der Waals surface area contributed by atoms with Gasteiger partial charge in [-0.05, 0) is 38.1 Å². The van der Waals surface area contributed by atoms with Gasteiger partial charge < -0.3 is 4.90 Å². The molecule has 1 rings (SSSR count). The molecule has 0 N–H and O–H groups in total. The van der Waals surface area contributed by atoms with Gasteiger partial charge in [0.25, 0.3) is 0 Å². The number of nitrogens with zero attached hydrogens (tertiary/aromatic N) is 2. The van der Waals surface area contributed by atoms with Crippen molar-refractivity contribution >= 4 is 0 Å². The van der Waals surface area contributed by atoms with Crippen LogP contribution in [0, 0.1) is 29.1 Å². The maximum Gasteiger partial charge on any atom is 0.0625 e. The highest BCUT2D eigenvalue weighted by Gasteiger charge is 2.33. The molecule has 1 fully saturated rings. The molecule has 0 saturated carbocycles. The zero-order valence-corrected chi connectivity index (χ0v) is 12.8. The molecule has 0 radical (unpaired) electrons. The maximum absolute atomic E-state index is 9.06. The molecule has 104 valence electrons. The number of nitriles is 1. The van der Waals surface area contributed by atoms with Crippen molar-refractivity contribution in [2.24, 2.45) is 17.8 Å². The van der Waals surface area contributed by atoms with Crippen LogP contribution in [0.3, 0.4) is 0 Å². The van der Waals surface area contributed by atoms with Crippen molar-refractivity contribution in [3.05, 3.63) is 0 Å². The summed E-state index contributed by atoms with van der Waals surface area (Å²) in [6.45, 7) is 9.31. The van der Waals surface area contributed by atoms with Crippen LogP contribution in [0.5, 0.6) is 0 Å². The minimum Gasteiger partial charge on any atom is -0.300 e. The zero-order valence-electron chi connectivity index (χ0n) is 12.8. The van der Waals surface area contributed by atoms with E-state index in [1.807, 2.05) is 0 Å². The van der Waals surface area contributed by atoms with E-state index in [-0.39, 0.29) is 0 Å². The van der Waals surface area contributed by atoms with Crippen molar-refractivity contribution in [3.8, 4) is 6.07 Å². The van der Waals surface area contributed by atoms with Crippen molar-refractivity contribution in [1.82, 2.24) is 4.90 Å². The van der Waals surface area contributed by atoms with Gasteiger partial charge in [-0.3, -0.25) is 0 Å². The summed E-state index contributed by atoms with van der Waals surface area (Å²) in [6, 6.07) is 3.62. The molecule has 5 atom stereocenters.